The summed E-state index contributed by atoms with van der Waals surface area (Å²) in [5.74, 6) is 1.81. The third kappa shape index (κ3) is 2.51. The molecule has 0 aromatic heterocycles. The van der Waals surface area contributed by atoms with Crippen molar-refractivity contribution < 1.29 is 4.79 Å². The van der Waals surface area contributed by atoms with Crippen LogP contribution in [-0.2, 0) is 4.79 Å². The molecule has 0 radical (unpaired) electrons. The first-order valence-corrected chi connectivity index (χ1v) is 6.74. The van der Waals surface area contributed by atoms with Crippen molar-refractivity contribution in [3.05, 3.63) is 0 Å². The molecule has 1 aliphatic rings. The van der Waals surface area contributed by atoms with Gasteiger partial charge < -0.3 is 0 Å². The summed E-state index contributed by atoms with van der Waals surface area (Å²) < 4.78 is 0. The van der Waals surface area contributed by atoms with E-state index in [2.05, 4.69) is 31.9 Å². The highest BCUT2D eigenvalue weighted by Gasteiger charge is 2.32. The van der Waals surface area contributed by atoms with Crippen molar-refractivity contribution in [2.75, 3.05) is 18.6 Å². The number of ketones is 1. The number of carbonyl (C=O) groups excluding carboxylic acids is 1. The van der Waals surface area contributed by atoms with E-state index in [-0.39, 0.29) is 5.92 Å². The van der Waals surface area contributed by atoms with Crippen molar-refractivity contribution in [2.24, 2.45) is 5.92 Å². The predicted octanol–water partition coefficient (Wildman–Crippen LogP) is 2.04. The zero-order valence-corrected chi connectivity index (χ0v) is 10.4. The van der Waals surface area contributed by atoms with Crippen molar-refractivity contribution in [1.29, 1.82) is 0 Å². The monoisotopic (exact) mass is 215 g/mol. The van der Waals surface area contributed by atoms with Crippen LogP contribution >= 0.6 is 11.8 Å². The second kappa shape index (κ2) is 5.17. The Hall–Kier alpha value is -0.0200. The number of thioether (sulfide) groups is 1. The van der Waals surface area contributed by atoms with E-state index in [9.17, 15) is 4.79 Å². The third-order valence-corrected chi connectivity index (χ3v) is 4.16. The van der Waals surface area contributed by atoms with Gasteiger partial charge in [-0.1, -0.05) is 6.92 Å². The Labute approximate surface area is 91.4 Å². The number of rotatable bonds is 3. The van der Waals surface area contributed by atoms with Gasteiger partial charge in [-0.15, -0.1) is 0 Å². The van der Waals surface area contributed by atoms with Crippen LogP contribution in [0.15, 0.2) is 0 Å². The molecule has 1 rings (SSSR count). The van der Waals surface area contributed by atoms with Gasteiger partial charge in [0.15, 0.2) is 0 Å². The Bertz CT molecular complexity index is 207. The molecule has 3 unspecified atom stereocenters. The Morgan fingerprint density at radius 1 is 1.57 bits per heavy atom. The van der Waals surface area contributed by atoms with Gasteiger partial charge in [0, 0.05) is 36.7 Å². The maximum absolute atomic E-state index is 11.5. The van der Waals surface area contributed by atoms with E-state index in [0.29, 0.717) is 17.9 Å². The molecule has 1 aliphatic heterocycles. The average molecular weight is 215 g/mol. The summed E-state index contributed by atoms with van der Waals surface area (Å²) in [6.45, 7) is 7.45. The van der Waals surface area contributed by atoms with E-state index < -0.39 is 0 Å². The fourth-order valence-electron chi connectivity index (χ4n) is 2.19. The van der Waals surface area contributed by atoms with Gasteiger partial charge in [-0.05, 0) is 20.1 Å². The van der Waals surface area contributed by atoms with Crippen LogP contribution in [0.4, 0.5) is 0 Å². The lowest BCUT2D eigenvalue weighted by Gasteiger charge is -2.40. The third-order valence-electron chi connectivity index (χ3n) is 3.35. The molecule has 1 heterocycles. The second-order valence-corrected chi connectivity index (χ2v) is 5.20. The van der Waals surface area contributed by atoms with Gasteiger partial charge in [0.05, 0.1) is 0 Å². The molecule has 1 saturated heterocycles. The van der Waals surface area contributed by atoms with Crippen LogP contribution in [0.25, 0.3) is 0 Å². The van der Waals surface area contributed by atoms with Crippen molar-refractivity contribution in [3.8, 4) is 0 Å². The zero-order valence-electron chi connectivity index (χ0n) is 9.62. The number of hydrogen-bond acceptors (Lipinski definition) is 3. The van der Waals surface area contributed by atoms with Gasteiger partial charge in [-0.25, -0.2) is 0 Å². The number of piperidine rings is 1. The highest BCUT2D eigenvalue weighted by atomic mass is 32.2. The molecule has 82 valence electrons. The largest absolute Gasteiger partial charge is 0.299 e. The normalized spacial score (nSPS) is 31.9. The van der Waals surface area contributed by atoms with Crippen LogP contribution in [-0.4, -0.2) is 41.3 Å². The van der Waals surface area contributed by atoms with Crippen LogP contribution in [0.5, 0.6) is 0 Å². The lowest BCUT2D eigenvalue weighted by Crippen LogP contribution is -2.51. The van der Waals surface area contributed by atoms with Gasteiger partial charge in [-0.2, -0.15) is 11.8 Å². The van der Waals surface area contributed by atoms with Crippen LogP contribution in [0, 0.1) is 5.92 Å². The number of likely N-dealkylation sites (tertiary alicyclic amines) is 1. The lowest BCUT2D eigenvalue weighted by atomic mass is 9.90. The molecule has 0 N–H and O–H groups in total. The van der Waals surface area contributed by atoms with E-state index in [0.717, 1.165) is 18.7 Å². The van der Waals surface area contributed by atoms with Crippen LogP contribution in [0.2, 0.25) is 0 Å². The highest BCUT2D eigenvalue weighted by Crippen LogP contribution is 2.23. The summed E-state index contributed by atoms with van der Waals surface area (Å²) >= 11 is 1.88. The molecule has 0 bridgehead atoms. The number of nitrogens with zero attached hydrogens (tertiary/aromatic N) is 1. The zero-order chi connectivity index (χ0) is 10.7. The molecule has 0 amide bonds. The molecule has 3 heteroatoms. The van der Waals surface area contributed by atoms with E-state index in [4.69, 9.17) is 0 Å². The first kappa shape index (κ1) is 12.1. The Morgan fingerprint density at radius 2 is 2.21 bits per heavy atom. The smallest absolute Gasteiger partial charge is 0.138 e. The summed E-state index contributed by atoms with van der Waals surface area (Å²) in [7, 11) is 0. The van der Waals surface area contributed by atoms with Crippen molar-refractivity contribution >= 4 is 17.5 Å². The first-order valence-electron chi connectivity index (χ1n) is 5.35. The lowest BCUT2D eigenvalue weighted by molar-refractivity contribution is -0.128. The maximum atomic E-state index is 11.5. The average Bonchev–Trinajstić information content (AvgIpc) is 2.15. The maximum Gasteiger partial charge on any atom is 0.138 e. The minimum absolute atomic E-state index is 0.216. The fourth-order valence-corrected chi connectivity index (χ4v) is 2.86. The minimum atomic E-state index is 0.216. The van der Waals surface area contributed by atoms with Gasteiger partial charge in [-0.3, -0.25) is 9.69 Å². The van der Waals surface area contributed by atoms with Crippen molar-refractivity contribution in [1.82, 2.24) is 4.90 Å². The first-order chi connectivity index (χ1) is 6.57. The van der Waals surface area contributed by atoms with Gasteiger partial charge in [0.2, 0.25) is 0 Å². The van der Waals surface area contributed by atoms with Crippen LogP contribution in [0.1, 0.15) is 27.2 Å². The molecular weight excluding hydrogens is 194 g/mol. The number of carbonyl (C=O) groups is 1. The van der Waals surface area contributed by atoms with E-state index in [1.165, 1.54) is 0 Å². The molecule has 14 heavy (non-hydrogen) atoms. The number of Topliss-reactive ketones (excluding diaryl/α,β-unsaturated/α-hetero) is 1. The Balaban J connectivity index is 2.58. The SMILES string of the molecule is CSCC(C)N1CCC(=O)C(C)C1C. The van der Waals surface area contributed by atoms with Gasteiger partial charge >= 0.3 is 0 Å². The summed E-state index contributed by atoms with van der Waals surface area (Å²) in [6.07, 6.45) is 2.88. The Kier molecular flexibility index (Phi) is 4.45. The molecular formula is C11H21NOS. The van der Waals surface area contributed by atoms with Crippen LogP contribution < -0.4 is 0 Å². The number of hydrogen-bond donors (Lipinski definition) is 0. The molecule has 0 aromatic carbocycles. The van der Waals surface area contributed by atoms with E-state index in [1.54, 1.807) is 0 Å². The molecule has 0 spiro atoms. The quantitative estimate of drug-likeness (QED) is 0.718. The Morgan fingerprint density at radius 3 is 2.79 bits per heavy atom. The van der Waals surface area contributed by atoms with Crippen molar-refractivity contribution in [3.63, 3.8) is 0 Å². The standard InChI is InChI=1S/C11H21NOS/c1-8(7-14-4)12-6-5-11(13)9(2)10(12)3/h8-10H,5-7H2,1-4H3. The molecule has 3 atom stereocenters. The van der Waals surface area contributed by atoms with Gasteiger partial charge in [0.25, 0.3) is 0 Å². The molecule has 1 fully saturated rings. The fraction of sp³-hybridized carbons (Fsp3) is 0.909. The molecule has 0 aromatic rings. The second-order valence-electron chi connectivity index (χ2n) is 4.29. The summed E-state index contributed by atoms with van der Waals surface area (Å²) in [6, 6.07) is 1.01. The predicted molar refractivity (Wildman–Crippen MR) is 62.8 cm³/mol. The van der Waals surface area contributed by atoms with Gasteiger partial charge in [0.1, 0.15) is 5.78 Å². The minimum Gasteiger partial charge on any atom is -0.299 e. The summed E-state index contributed by atoms with van der Waals surface area (Å²) in [5, 5.41) is 0. The highest BCUT2D eigenvalue weighted by molar-refractivity contribution is 7.98. The summed E-state index contributed by atoms with van der Waals surface area (Å²) in [5.41, 5.74) is 0. The molecule has 2 nitrogen and oxygen atoms in total. The van der Waals surface area contributed by atoms with E-state index >= 15 is 0 Å². The van der Waals surface area contributed by atoms with Crippen LogP contribution in [0.3, 0.4) is 0 Å². The van der Waals surface area contributed by atoms with E-state index in [1.807, 2.05) is 11.8 Å². The summed E-state index contributed by atoms with van der Waals surface area (Å²) in [4.78, 5) is 14.0. The topological polar surface area (TPSA) is 20.3 Å². The molecule has 0 saturated carbocycles. The molecule has 0 aliphatic carbocycles. The van der Waals surface area contributed by atoms with Crippen molar-refractivity contribution in [2.45, 2.75) is 39.3 Å².